The zero-order valence-electron chi connectivity index (χ0n) is 19.1. The minimum Gasteiger partial charge on any atom is -0.454 e. The Hall–Kier alpha value is -3.22. The Morgan fingerprint density at radius 3 is 2.61 bits per heavy atom. The zero-order chi connectivity index (χ0) is 22.6. The monoisotopic (exact) mass is 442 g/mol. The number of hydrogen-bond donors (Lipinski definition) is 1. The molecule has 0 spiro atoms. The van der Waals surface area contributed by atoms with Crippen molar-refractivity contribution in [1.29, 1.82) is 0 Å². The SMILES string of the molecule is CN1CCN(CCCCc2ccc3oc(-c4cc5ccccc5cn4)c/c(=N/O)c3c2)CC1. The van der Waals surface area contributed by atoms with Gasteiger partial charge in [-0.3, -0.25) is 4.98 Å². The van der Waals surface area contributed by atoms with Crippen LogP contribution in [0.5, 0.6) is 0 Å². The molecule has 4 aromatic rings. The van der Waals surface area contributed by atoms with Crippen LogP contribution in [0, 0.1) is 0 Å². The molecule has 1 saturated heterocycles. The van der Waals surface area contributed by atoms with E-state index in [4.69, 9.17) is 4.42 Å². The number of hydrogen-bond acceptors (Lipinski definition) is 6. The minimum atomic E-state index is 0.500. The number of benzene rings is 2. The largest absolute Gasteiger partial charge is 0.454 e. The lowest BCUT2D eigenvalue weighted by Crippen LogP contribution is -2.44. The number of rotatable bonds is 6. The number of nitrogens with zero attached hydrogens (tertiary/aromatic N) is 4. The van der Waals surface area contributed by atoms with Crippen molar-refractivity contribution in [3.8, 4) is 11.5 Å². The van der Waals surface area contributed by atoms with Gasteiger partial charge in [-0.2, -0.15) is 0 Å². The van der Waals surface area contributed by atoms with Crippen molar-refractivity contribution in [3.63, 3.8) is 0 Å². The number of aromatic nitrogens is 1. The van der Waals surface area contributed by atoms with Crippen molar-refractivity contribution in [2.45, 2.75) is 19.3 Å². The van der Waals surface area contributed by atoms with E-state index in [1.807, 2.05) is 36.5 Å². The molecule has 33 heavy (non-hydrogen) atoms. The van der Waals surface area contributed by atoms with Gasteiger partial charge in [-0.25, -0.2) is 0 Å². The molecule has 1 N–H and O–H groups in total. The molecule has 0 radical (unpaired) electrons. The highest BCUT2D eigenvalue weighted by Crippen LogP contribution is 2.24. The van der Waals surface area contributed by atoms with Gasteiger partial charge in [-0.05, 0) is 62.0 Å². The Kier molecular flexibility index (Phi) is 6.37. The number of aryl methyl sites for hydroxylation is 1. The number of unbranched alkanes of at least 4 members (excludes halogenated alkanes) is 1. The van der Waals surface area contributed by atoms with Gasteiger partial charge >= 0.3 is 0 Å². The lowest BCUT2D eigenvalue weighted by atomic mass is 10.0. The molecule has 170 valence electrons. The summed E-state index contributed by atoms with van der Waals surface area (Å²) < 4.78 is 6.16. The highest BCUT2D eigenvalue weighted by Gasteiger charge is 2.13. The first-order chi connectivity index (χ1) is 16.2. The summed E-state index contributed by atoms with van der Waals surface area (Å²) in [6.45, 7) is 5.83. The maximum Gasteiger partial charge on any atom is 0.155 e. The summed E-state index contributed by atoms with van der Waals surface area (Å²) in [6.07, 6.45) is 5.17. The van der Waals surface area contributed by atoms with Crippen LogP contribution in [-0.2, 0) is 6.42 Å². The van der Waals surface area contributed by atoms with Gasteiger partial charge in [-0.1, -0.05) is 35.5 Å². The van der Waals surface area contributed by atoms with Crippen molar-refractivity contribution in [3.05, 3.63) is 71.7 Å². The molecule has 6 heteroatoms. The smallest absolute Gasteiger partial charge is 0.155 e. The molecule has 0 bridgehead atoms. The van der Waals surface area contributed by atoms with Crippen molar-refractivity contribution in [1.82, 2.24) is 14.8 Å². The van der Waals surface area contributed by atoms with Crippen molar-refractivity contribution >= 4 is 21.7 Å². The third kappa shape index (κ3) is 4.92. The second-order valence-corrected chi connectivity index (χ2v) is 8.95. The topological polar surface area (TPSA) is 65.1 Å². The third-order valence-electron chi connectivity index (χ3n) is 6.58. The third-order valence-corrected chi connectivity index (χ3v) is 6.58. The van der Waals surface area contributed by atoms with Gasteiger partial charge in [0.1, 0.15) is 16.6 Å². The van der Waals surface area contributed by atoms with Crippen LogP contribution >= 0.6 is 0 Å². The molecule has 1 aliphatic rings. The molecule has 1 aliphatic heterocycles. The van der Waals surface area contributed by atoms with E-state index in [1.54, 1.807) is 6.07 Å². The van der Waals surface area contributed by atoms with E-state index in [1.165, 1.54) is 38.2 Å². The fraction of sp³-hybridized carbons (Fsp3) is 0.333. The second kappa shape index (κ2) is 9.73. The average molecular weight is 443 g/mol. The quantitative estimate of drug-likeness (QED) is 0.270. The molecule has 0 saturated carbocycles. The Morgan fingerprint density at radius 1 is 0.970 bits per heavy atom. The predicted molar refractivity (Wildman–Crippen MR) is 131 cm³/mol. The predicted octanol–water partition coefficient (Wildman–Crippen LogP) is 4.51. The molecule has 2 aromatic carbocycles. The Labute approximate surface area is 193 Å². The van der Waals surface area contributed by atoms with E-state index in [2.05, 4.69) is 45.2 Å². The lowest BCUT2D eigenvalue weighted by Gasteiger charge is -2.32. The first-order valence-corrected chi connectivity index (χ1v) is 11.7. The van der Waals surface area contributed by atoms with Crippen molar-refractivity contribution in [2.75, 3.05) is 39.8 Å². The molecular formula is C27H30N4O2. The van der Waals surface area contributed by atoms with Gasteiger partial charge in [0.15, 0.2) is 5.76 Å². The maximum absolute atomic E-state index is 9.70. The molecule has 0 aliphatic carbocycles. The molecule has 5 rings (SSSR count). The van der Waals surface area contributed by atoms with E-state index in [9.17, 15) is 5.21 Å². The molecule has 0 atom stereocenters. The summed E-state index contributed by atoms with van der Waals surface area (Å²) in [5.41, 5.74) is 2.64. The number of piperazine rings is 1. The van der Waals surface area contributed by atoms with Crippen LogP contribution in [0.25, 0.3) is 33.2 Å². The molecule has 1 fully saturated rings. The summed E-state index contributed by atoms with van der Waals surface area (Å²) in [7, 11) is 2.19. The number of pyridine rings is 1. The average Bonchev–Trinajstić information content (AvgIpc) is 2.86. The van der Waals surface area contributed by atoms with Crippen LogP contribution in [0.3, 0.4) is 0 Å². The molecule has 6 nitrogen and oxygen atoms in total. The summed E-state index contributed by atoms with van der Waals surface area (Å²) in [5, 5.41) is 16.7. The van der Waals surface area contributed by atoms with E-state index in [0.29, 0.717) is 22.4 Å². The first kappa shape index (κ1) is 21.6. The normalized spacial score (nSPS) is 16.1. The second-order valence-electron chi connectivity index (χ2n) is 8.95. The van der Waals surface area contributed by atoms with Crippen LogP contribution in [-0.4, -0.2) is 59.8 Å². The molecule has 0 amide bonds. The van der Waals surface area contributed by atoms with Crippen LogP contribution in [0.1, 0.15) is 18.4 Å². The number of likely N-dealkylation sites (N-methyl/N-ethyl adjacent to an activating group) is 1. The van der Waals surface area contributed by atoms with E-state index in [0.717, 1.165) is 35.5 Å². The van der Waals surface area contributed by atoms with Gasteiger partial charge in [0.2, 0.25) is 0 Å². The number of fused-ring (bicyclic) bond motifs is 2. The molecular weight excluding hydrogens is 412 g/mol. The summed E-state index contributed by atoms with van der Waals surface area (Å²) >= 11 is 0. The van der Waals surface area contributed by atoms with Crippen molar-refractivity contribution < 1.29 is 9.62 Å². The van der Waals surface area contributed by atoms with Crippen LogP contribution in [0.2, 0.25) is 0 Å². The van der Waals surface area contributed by atoms with E-state index < -0.39 is 0 Å². The standard InChI is InChI=1S/C27H30N4O2/c1-30-12-14-31(15-13-30)11-5-4-6-20-9-10-26-23(16-20)24(29-32)18-27(33-26)25-17-21-7-2-3-8-22(21)19-28-25/h2-3,7-10,16-19,32H,4-6,11-15H2,1H3/b29-24-. The summed E-state index contributed by atoms with van der Waals surface area (Å²) in [4.78, 5) is 9.50. The maximum atomic E-state index is 9.70. The minimum absolute atomic E-state index is 0.500. The lowest BCUT2D eigenvalue weighted by molar-refractivity contribution is 0.152. The molecule has 0 unspecified atom stereocenters. The van der Waals surface area contributed by atoms with Gasteiger partial charge in [0.25, 0.3) is 0 Å². The summed E-state index contributed by atoms with van der Waals surface area (Å²) in [6, 6.07) is 18.0. The fourth-order valence-corrected chi connectivity index (χ4v) is 4.53. The van der Waals surface area contributed by atoms with Gasteiger partial charge in [-0.15, -0.1) is 0 Å². The van der Waals surface area contributed by atoms with Gasteiger partial charge in [0.05, 0.1) is 0 Å². The van der Waals surface area contributed by atoms with Gasteiger partial charge in [0, 0.05) is 49.2 Å². The highest BCUT2D eigenvalue weighted by atomic mass is 16.4. The molecule has 3 heterocycles. The molecule has 2 aromatic heterocycles. The van der Waals surface area contributed by atoms with Crippen molar-refractivity contribution in [2.24, 2.45) is 5.16 Å². The summed E-state index contributed by atoms with van der Waals surface area (Å²) in [5.74, 6) is 0.584. The Balaban J connectivity index is 1.32. The Morgan fingerprint density at radius 2 is 1.79 bits per heavy atom. The zero-order valence-corrected chi connectivity index (χ0v) is 19.1. The fourth-order valence-electron chi connectivity index (χ4n) is 4.53. The van der Waals surface area contributed by atoms with Crippen LogP contribution in [0.4, 0.5) is 0 Å². The van der Waals surface area contributed by atoms with Gasteiger partial charge < -0.3 is 19.4 Å². The first-order valence-electron chi connectivity index (χ1n) is 11.7. The van der Waals surface area contributed by atoms with Crippen LogP contribution < -0.4 is 5.36 Å². The van der Waals surface area contributed by atoms with Crippen LogP contribution in [0.15, 0.2) is 70.4 Å². The Bertz CT molecular complexity index is 1320. The van der Waals surface area contributed by atoms with E-state index >= 15 is 0 Å². The highest BCUT2D eigenvalue weighted by molar-refractivity contribution is 5.85. The van der Waals surface area contributed by atoms with E-state index in [-0.39, 0.29) is 0 Å².